The van der Waals surface area contributed by atoms with E-state index in [1.807, 2.05) is 7.05 Å². The van der Waals surface area contributed by atoms with Gasteiger partial charge in [-0.1, -0.05) is 32.6 Å². The van der Waals surface area contributed by atoms with Crippen molar-refractivity contribution in [3.63, 3.8) is 0 Å². The van der Waals surface area contributed by atoms with Gasteiger partial charge in [0.25, 0.3) is 0 Å². The Morgan fingerprint density at radius 3 is 2.54 bits per heavy atom. The Bertz CT molecular complexity index is 977. The summed E-state index contributed by atoms with van der Waals surface area (Å²) < 4.78 is 5.42. The fraction of sp³-hybridized carbons (Fsp3) is 0.381. The van der Waals surface area contributed by atoms with Crippen LogP contribution in [0.15, 0.2) is 39.5 Å². The zero-order valence-corrected chi connectivity index (χ0v) is 15.3. The summed E-state index contributed by atoms with van der Waals surface area (Å²) in [6.07, 6.45) is 5.96. The van der Waals surface area contributed by atoms with Crippen LogP contribution < -0.4 is 10.5 Å². The summed E-state index contributed by atoms with van der Waals surface area (Å²) in [4.78, 5) is 14.3. The summed E-state index contributed by atoms with van der Waals surface area (Å²) >= 11 is 0. The normalized spacial score (nSPS) is 11.3. The number of unbranched alkanes of at least 4 members (excludes halogenated alkanes) is 4. The van der Waals surface area contributed by atoms with E-state index in [1.165, 1.54) is 43.9 Å². The number of rotatable bonds is 7. The van der Waals surface area contributed by atoms with Gasteiger partial charge in [0.1, 0.15) is 17.1 Å². The lowest BCUT2D eigenvalue weighted by molar-refractivity contribution is 0.475. The van der Waals surface area contributed by atoms with Gasteiger partial charge in [0, 0.05) is 36.8 Å². The Morgan fingerprint density at radius 1 is 1.00 bits per heavy atom. The molecule has 5 nitrogen and oxygen atoms in total. The van der Waals surface area contributed by atoms with Gasteiger partial charge in [-0.15, -0.1) is 0 Å². The van der Waals surface area contributed by atoms with Gasteiger partial charge in [-0.05, 0) is 24.6 Å². The largest absolute Gasteiger partial charge is 0.508 e. The fourth-order valence-corrected chi connectivity index (χ4v) is 3.31. The van der Waals surface area contributed by atoms with Crippen molar-refractivity contribution >= 4 is 27.4 Å². The average Bonchev–Trinajstić information content (AvgIpc) is 2.60. The second-order valence-corrected chi connectivity index (χ2v) is 6.79. The van der Waals surface area contributed by atoms with Crippen LogP contribution in [0.4, 0.5) is 5.69 Å². The molecule has 0 saturated heterocycles. The van der Waals surface area contributed by atoms with E-state index in [0.717, 1.165) is 18.7 Å². The molecular weight excluding hydrogens is 330 g/mol. The molecule has 2 aromatic carbocycles. The van der Waals surface area contributed by atoms with Gasteiger partial charge in [0.2, 0.25) is 0 Å². The zero-order chi connectivity index (χ0) is 18.7. The Hall–Kier alpha value is -2.69. The minimum absolute atomic E-state index is 0.0367. The number of hydrogen-bond acceptors (Lipinski definition) is 5. The molecule has 1 heterocycles. The topological polar surface area (TPSA) is 73.9 Å². The highest BCUT2D eigenvalue weighted by Gasteiger charge is 2.14. The van der Waals surface area contributed by atoms with Crippen LogP contribution in [0, 0.1) is 0 Å². The minimum atomic E-state index is -0.480. The molecule has 0 aliphatic carbocycles. The van der Waals surface area contributed by atoms with Crippen molar-refractivity contribution in [3.8, 4) is 11.5 Å². The molecule has 3 aromatic rings. The molecule has 0 aliphatic rings. The predicted octanol–water partition coefficient (Wildman–Crippen LogP) is 4.76. The molecule has 5 heteroatoms. The van der Waals surface area contributed by atoms with Gasteiger partial charge in [-0.3, -0.25) is 0 Å². The number of phenols is 2. The summed E-state index contributed by atoms with van der Waals surface area (Å²) in [6, 6.07) is 7.86. The van der Waals surface area contributed by atoms with E-state index in [2.05, 4.69) is 11.8 Å². The predicted molar refractivity (Wildman–Crippen MR) is 105 cm³/mol. The first-order chi connectivity index (χ1) is 12.5. The van der Waals surface area contributed by atoms with Crippen LogP contribution in [0.2, 0.25) is 0 Å². The molecule has 3 rings (SSSR count). The van der Waals surface area contributed by atoms with Gasteiger partial charge in [0.05, 0.1) is 10.8 Å². The number of fused-ring (bicyclic) bond motifs is 3. The molecule has 1 aromatic heterocycles. The van der Waals surface area contributed by atoms with Gasteiger partial charge in [0.15, 0.2) is 0 Å². The quantitative estimate of drug-likeness (QED) is 0.363. The molecule has 0 unspecified atom stereocenters. The Kier molecular flexibility index (Phi) is 5.35. The monoisotopic (exact) mass is 355 g/mol. The summed E-state index contributed by atoms with van der Waals surface area (Å²) in [5, 5.41) is 21.6. The van der Waals surface area contributed by atoms with Gasteiger partial charge >= 0.3 is 5.63 Å². The molecule has 0 saturated carbocycles. The van der Waals surface area contributed by atoms with E-state index >= 15 is 0 Å². The first-order valence-electron chi connectivity index (χ1n) is 9.15. The molecule has 26 heavy (non-hydrogen) atoms. The highest BCUT2D eigenvalue weighted by molar-refractivity contribution is 6.08. The standard InChI is InChI=1S/C21H25NO4/c1-3-4-5-6-7-10-22(2)14-11-18(24)20-17-13-15(23)8-9-16(17)21(25)26-19(20)12-14/h8-9,11-13,23-24H,3-7,10H2,1-2H3. The van der Waals surface area contributed by atoms with Crippen molar-refractivity contribution in [1.82, 2.24) is 0 Å². The van der Waals surface area contributed by atoms with Crippen molar-refractivity contribution in [1.29, 1.82) is 0 Å². The first-order valence-corrected chi connectivity index (χ1v) is 9.15. The third-order valence-electron chi connectivity index (χ3n) is 4.80. The lowest BCUT2D eigenvalue weighted by Crippen LogP contribution is -2.18. The fourth-order valence-electron chi connectivity index (χ4n) is 3.31. The molecule has 0 radical (unpaired) electrons. The van der Waals surface area contributed by atoms with E-state index in [9.17, 15) is 15.0 Å². The van der Waals surface area contributed by atoms with E-state index in [-0.39, 0.29) is 11.5 Å². The van der Waals surface area contributed by atoms with Crippen LogP contribution in [-0.4, -0.2) is 23.8 Å². The number of benzene rings is 2. The molecule has 0 aliphatic heterocycles. The summed E-state index contributed by atoms with van der Waals surface area (Å²) in [5.74, 6) is 0.0757. The molecule has 0 bridgehead atoms. The van der Waals surface area contributed by atoms with Crippen LogP contribution in [0.1, 0.15) is 39.0 Å². The van der Waals surface area contributed by atoms with Crippen molar-refractivity contribution in [3.05, 3.63) is 40.8 Å². The van der Waals surface area contributed by atoms with Crippen molar-refractivity contribution in [2.75, 3.05) is 18.5 Å². The number of phenolic OH excluding ortho intramolecular Hbond substituents is 2. The lowest BCUT2D eigenvalue weighted by atomic mass is 10.1. The minimum Gasteiger partial charge on any atom is -0.508 e. The van der Waals surface area contributed by atoms with E-state index in [0.29, 0.717) is 21.7 Å². The van der Waals surface area contributed by atoms with Crippen molar-refractivity contribution in [2.24, 2.45) is 0 Å². The van der Waals surface area contributed by atoms with Crippen molar-refractivity contribution in [2.45, 2.75) is 39.0 Å². The third-order valence-corrected chi connectivity index (χ3v) is 4.80. The Morgan fingerprint density at radius 2 is 1.77 bits per heavy atom. The van der Waals surface area contributed by atoms with Crippen LogP contribution in [0.3, 0.4) is 0 Å². The zero-order valence-electron chi connectivity index (χ0n) is 15.3. The number of aromatic hydroxyl groups is 2. The SMILES string of the molecule is CCCCCCCN(C)c1cc(O)c2c(c1)oc(=O)c1ccc(O)cc12. The summed E-state index contributed by atoms with van der Waals surface area (Å²) in [5.41, 5.74) is 0.639. The molecule has 0 fully saturated rings. The highest BCUT2D eigenvalue weighted by Crippen LogP contribution is 2.35. The van der Waals surface area contributed by atoms with E-state index in [1.54, 1.807) is 12.1 Å². The number of nitrogens with zero attached hydrogens (tertiary/aromatic N) is 1. The lowest BCUT2D eigenvalue weighted by Gasteiger charge is -2.20. The molecule has 0 atom stereocenters. The third kappa shape index (κ3) is 3.62. The van der Waals surface area contributed by atoms with Crippen molar-refractivity contribution < 1.29 is 14.6 Å². The van der Waals surface area contributed by atoms with Crippen LogP contribution in [-0.2, 0) is 0 Å². The van der Waals surface area contributed by atoms with Crippen LogP contribution in [0.25, 0.3) is 21.7 Å². The molecular formula is C21H25NO4. The van der Waals surface area contributed by atoms with E-state index in [4.69, 9.17) is 4.42 Å². The maximum Gasteiger partial charge on any atom is 0.344 e. The maximum atomic E-state index is 12.2. The Labute approximate surface area is 152 Å². The van der Waals surface area contributed by atoms with Gasteiger partial charge < -0.3 is 19.5 Å². The smallest absolute Gasteiger partial charge is 0.344 e. The Balaban J connectivity index is 1.95. The summed E-state index contributed by atoms with van der Waals surface area (Å²) in [7, 11) is 1.96. The first kappa shape index (κ1) is 18.1. The second kappa shape index (κ2) is 7.68. The summed E-state index contributed by atoms with van der Waals surface area (Å²) in [6.45, 7) is 3.06. The molecule has 2 N–H and O–H groups in total. The van der Waals surface area contributed by atoms with Gasteiger partial charge in [-0.25, -0.2) is 4.79 Å². The molecule has 138 valence electrons. The highest BCUT2D eigenvalue weighted by atomic mass is 16.4. The molecule has 0 amide bonds. The van der Waals surface area contributed by atoms with Gasteiger partial charge in [-0.2, -0.15) is 0 Å². The second-order valence-electron chi connectivity index (χ2n) is 6.79. The number of hydrogen-bond donors (Lipinski definition) is 2. The average molecular weight is 355 g/mol. The van der Waals surface area contributed by atoms with Crippen LogP contribution in [0.5, 0.6) is 11.5 Å². The molecule has 0 spiro atoms. The van der Waals surface area contributed by atoms with E-state index < -0.39 is 5.63 Å². The number of anilines is 1. The maximum absolute atomic E-state index is 12.2. The van der Waals surface area contributed by atoms with Crippen LogP contribution >= 0.6 is 0 Å².